The normalized spacial score (nSPS) is 12.0. The average molecular weight is 540 g/mol. The van der Waals surface area contributed by atoms with Gasteiger partial charge < -0.3 is 10.2 Å². The van der Waals surface area contributed by atoms with E-state index in [1.165, 1.54) is 29.2 Å². The van der Waals surface area contributed by atoms with Gasteiger partial charge in [0.25, 0.3) is 10.0 Å². The van der Waals surface area contributed by atoms with E-state index >= 15 is 0 Å². The predicted molar refractivity (Wildman–Crippen MR) is 147 cm³/mol. The second-order valence-corrected chi connectivity index (χ2v) is 11.0. The topological polar surface area (TPSA) is 86.8 Å². The van der Waals surface area contributed by atoms with Crippen molar-refractivity contribution in [2.75, 3.05) is 23.9 Å². The second kappa shape index (κ2) is 13.2. The molecule has 3 aromatic carbocycles. The molecule has 0 aromatic heterocycles. The van der Waals surface area contributed by atoms with E-state index < -0.39 is 34.3 Å². The van der Waals surface area contributed by atoms with Crippen molar-refractivity contribution < 1.29 is 22.4 Å². The smallest absolute Gasteiger partial charge is 0.264 e. The Bertz CT molecular complexity index is 1310. The molecule has 9 heteroatoms. The fraction of sp³-hybridized carbons (Fsp3) is 0.310. The number of sulfonamides is 1. The molecule has 202 valence electrons. The quantitative estimate of drug-likeness (QED) is 0.372. The van der Waals surface area contributed by atoms with Crippen molar-refractivity contribution in [3.63, 3.8) is 0 Å². The van der Waals surface area contributed by atoms with Gasteiger partial charge in [-0.15, -0.1) is 0 Å². The monoisotopic (exact) mass is 539 g/mol. The van der Waals surface area contributed by atoms with E-state index in [-0.39, 0.29) is 23.0 Å². The van der Waals surface area contributed by atoms with Gasteiger partial charge in [0, 0.05) is 13.1 Å². The zero-order valence-corrected chi connectivity index (χ0v) is 22.7. The molecule has 0 spiro atoms. The van der Waals surface area contributed by atoms with Crippen molar-refractivity contribution in [2.45, 2.75) is 44.6 Å². The summed E-state index contributed by atoms with van der Waals surface area (Å²) in [6, 6.07) is 19.9. The minimum absolute atomic E-state index is 0.00444. The predicted octanol–water partition coefficient (Wildman–Crippen LogP) is 4.32. The number of anilines is 1. The minimum atomic E-state index is -4.18. The Morgan fingerprint density at radius 2 is 1.58 bits per heavy atom. The lowest BCUT2D eigenvalue weighted by atomic mass is 10.1. The number of halogens is 1. The Kier molecular flexibility index (Phi) is 10.0. The van der Waals surface area contributed by atoms with Crippen LogP contribution >= 0.6 is 0 Å². The lowest BCUT2D eigenvalue weighted by Crippen LogP contribution is -2.52. The first-order valence-electron chi connectivity index (χ1n) is 12.6. The SMILES string of the molecule is CCCNC(=O)[C@H](C)N(CCc1ccccc1)C(=O)CN(c1ccc(F)cc1)S(=O)(=O)c1ccc(C)cc1. The molecule has 0 saturated heterocycles. The summed E-state index contributed by atoms with van der Waals surface area (Å²) in [7, 11) is -4.18. The van der Waals surface area contributed by atoms with Crippen LogP contribution in [0.1, 0.15) is 31.4 Å². The maximum atomic E-state index is 13.7. The Morgan fingerprint density at radius 3 is 2.18 bits per heavy atom. The van der Waals surface area contributed by atoms with Crippen LogP contribution < -0.4 is 9.62 Å². The summed E-state index contributed by atoms with van der Waals surface area (Å²) in [5.74, 6) is -1.39. The van der Waals surface area contributed by atoms with E-state index in [1.54, 1.807) is 19.1 Å². The highest BCUT2D eigenvalue weighted by Crippen LogP contribution is 2.25. The van der Waals surface area contributed by atoms with Crippen molar-refractivity contribution in [3.8, 4) is 0 Å². The van der Waals surface area contributed by atoms with Crippen molar-refractivity contribution >= 4 is 27.5 Å². The highest BCUT2D eigenvalue weighted by atomic mass is 32.2. The van der Waals surface area contributed by atoms with Crippen molar-refractivity contribution in [1.29, 1.82) is 0 Å². The van der Waals surface area contributed by atoms with Crippen molar-refractivity contribution in [1.82, 2.24) is 10.2 Å². The van der Waals surface area contributed by atoms with E-state index in [4.69, 9.17) is 0 Å². The van der Waals surface area contributed by atoms with Gasteiger partial charge in [-0.2, -0.15) is 0 Å². The van der Waals surface area contributed by atoms with Crippen LogP contribution in [0.4, 0.5) is 10.1 Å². The van der Waals surface area contributed by atoms with Gasteiger partial charge in [0.05, 0.1) is 10.6 Å². The number of rotatable bonds is 12. The summed E-state index contributed by atoms with van der Waals surface area (Å²) in [5.41, 5.74) is 2.01. The molecule has 0 aliphatic rings. The van der Waals surface area contributed by atoms with Crippen LogP contribution in [-0.4, -0.2) is 50.8 Å². The van der Waals surface area contributed by atoms with Gasteiger partial charge in [-0.1, -0.05) is 55.0 Å². The van der Waals surface area contributed by atoms with Gasteiger partial charge in [-0.25, -0.2) is 12.8 Å². The molecule has 0 unspecified atom stereocenters. The summed E-state index contributed by atoms with van der Waals surface area (Å²) < 4.78 is 42.0. The standard InChI is InChI=1S/C29H34FN3O4S/c1-4-19-31-29(35)23(3)32(20-18-24-8-6-5-7-9-24)28(34)21-33(26-14-12-25(30)13-15-26)38(36,37)27-16-10-22(2)11-17-27/h5-17,23H,4,18-21H2,1-3H3,(H,31,35)/t23-/m0/s1. The molecule has 3 aromatic rings. The molecular formula is C29H34FN3O4S. The third-order valence-electron chi connectivity index (χ3n) is 6.20. The van der Waals surface area contributed by atoms with Crippen LogP contribution in [0.25, 0.3) is 0 Å². The van der Waals surface area contributed by atoms with Crippen molar-refractivity contribution in [2.24, 2.45) is 0 Å². The molecule has 0 saturated carbocycles. The van der Waals surface area contributed by atoms with Crippen LogP contribution in [0, 0.1) is 12.7 Å². The number of amides is 2. The fourth-order valence-electron chi connectivity index (χ4n) is 3.94. The number of nitrogens with one attached hydrogen (secondary N) is 1. The molecule has 7 nitrogen and oxygen atoms in total. The zero-order chi connectivity index (χ0) is 27.7. The van der Waals surface area contributed by atoms with Crippen LogP contribution in [0.3, 0.4) is 0 Å². The lowest BCUT2D eigenvalue weighted by molar-refractivity contribution is -0.138. The van der Waals surface area contributed by atoms with Crippen LogP contribution in [0.5, 0.6) is 0 Å². The van der Waals surface area contributed by atoms with Crippen molar-refractivity contribution in [3.05, 3.63) is 95.8 Å². The molecule has 0 radical (unpaired) electrons. The van der Waals surface area contributed by atoms with E-state index in [9.17, 15) is 22.4 Å². The third kappa shape index (κ3) is 7.41. The summed E-state index contributed by atoms with van der Waals surface area (Å²) in [6.07, 6.45) is 1.22. The summed E-state index contributed by atoms with van der Waals surface area (Å²) in [5, 5.41) is 2.81. The zero-order valence-electron chi connectivity index (χ0n) is 21.9. The number of nitrogens with zero attached hydrogens (tertiary/aromatic N) is 2. The van der Waals surface area contributed by atoms with Crippen LogP contribution in [0.15, 0.2) is 83.8 Å². The first-order valence-corrected chi connectivity index (χ1v) is 14.0. The highest BCUT2D eigenvalue weighted by Gasteiger charge is 2.32. The van der Waals surface area contributed by atoms with E-state index in [0.29, 0.717) is 13.0 Å². The van der Waals surface area contributed by atoms with Gasteiger partial charge in [0.15, 0.2) is 0 Å². The van der Waals surface area contributed by atoms with Gasteiger partial charge in [-0.05, 0) is 68.7 Å². The van der Waals surface area contributed by atoms with Crippen LogP contribution in [-0.2, 0) is 26.0 Å². The van der Waals surface area contributed by atoms with Crippen LogP contribution in [0.2, 0.25) is 0 Å². The molecule has 0 heterocycles. The Balaban J connectivity index is 1.95. The summed E-state index contributed by atoms with van der Waals surface area (Å²) >= 11 is 0. The first kappa shape index (κ1) is 28.8. The van der Waals surface area contributed by atoms with Gasteiger partial charge in [0.1, 0.15) is 18.4 Å². The van der Waals surface area contributed by atoms with E-state index in [0.717, 1.165) is 34.0 Å². The number of hydrogen-bond donors (Lipinski definition) is 1. The highest BCUT2D eigenvalue weighted by molar-refractivity contribution is 7.92. The van der Waals surface area contributed by atoms with Gasteiger partial charge in [0.2, 0.25) is 11.8 Å². The number of carbonyl (C=O) groups excluding carboxylic acids is 2. The number of aryl methyl sites for hydroxylation is 1. The molecule has 2 amide bonds. The molecule has 38 heavy (non-hydrogen) atoms. The maximum Gasteiger partial charge on any atom is 0.264 e. The fourth-order valence-corrected chi connectivity index (χ4v) is 5.35. The number of carbonyl (C=O) groups is 2. The maximum absolute atomic E-state index is 13.7. The second-order valence-electron chi connectivity index (χ2n) is 9.09. The molecular weight excluding hydrogens is 505 g/mol. The summed E-state index contributed by atoms with van der Waals surface area (Å²) in [6.45, 7) is 5.53. The lowest BCUT2D eigenvalue weighted by Gasteiger charge is -2.32. The molecule has 1 atom stereocenters. The number of hydrogen-bond acceptors (Lipinski definition) is 4. The molecule has 3 rings (SSSR count). The average Bonchev–Trinajstić information content (AvgIpc) is 2.91. The van der Waals surface area contributed by atoms with E-state index in [2.05, 4.69) is 5.32 Å². The van der Waals surface area contributed by atoms with Gasteiger partial charge >= 0.3 is 0 Å². The molecule has 0 bridgehead atoms. The van der Waals surface area contributed by atoms with E-state index in [1.807, 2.05) is 44.2 Å². The summed E-state index contributed by atoms with van der Waals surface area (Å²) in [4.78, 5) is 28.0. The Hall–Kier alpha value is -3.72. The Morgan fingerprint density at radius 1 is 0.947 bits per heavy atom. The Labute approximate surface area is 224 Å². The largest absolute Gasteiger partial charge is 0.354 e. The molecule has 1 N–H and O–H groups in total. The minimum Gasteiger partial charge on any atom is -0.354 e. The number of benzene rings is 3. The van der Waals surface area contributed by atoms with Gasteiger partial charge in [-0.3, -0.25) is 13.9 Å². The molecule has 0 fully saturated rings. The molecule has 0 aliphatic heterocycles. The first-order chi connectivity index (χ1) is 18.1. The molecule has 0 aliphatic carbocycles. The third-order valence-corrected chi connectivity index (χ3v) is 7.99.